The lowest BCUT2D eigenvalue weighted by Gasteiger charge is -2.02. The van der Waals surface area contributed by atoms with E-state index in [0.29, 0.717) is 6.42 Å². The van der Waals surface area contributed by atoms with Crippen LogP contribution in [0.2, 0.25) is 0 Å². The number of halogens is 1. The maximum Gasteiger partial charge on any atom is 0.126 e. The third-order valence-electron chi connectivity index (χ3n) is 2.20. The molecule has 1 heteroatoms. The second-order valence-corrected chi connectivity index (χ2v) is 3.25. The van der Waals surface area contributed by atoms with Crippen molar-refractivity contribution < 1.29 is 4.39 Å². The van der Waals surface area contributed by atoms with Crippen LogP contribution in [0.3, 0.4) is 0 Å². The molecular weight excluding hydrogens is 199 g/mol. The second kappa shape index (κ2) is 6.78. The van der Waals surface area contributed by atoms with E-state index in [0.717, 1.165) is 11.1 Å². The first kappa shape index (κ1) is 12.4. The zero-order valence-corrected chi connectivity index (χ0v) is 9.78. The van der Waals surface area contributed by atoms with E-state index < -0.39 is 0 Å². The van der Waals surface area contributed by atoms with Crippen molar-refractivity contribution >= 4 is 0 Å². The summed E-state index contributed by atoms with van der Waals surface area (Å²) in [6.45, 7) is 4.00. The van der Waals surface area contributed by atoms with Crippen molar-refractivity contribution in [2.24, 2.45) is 0 Å². The van der Waals surface area contributed by atoms with Gasteiger partial charge in [-0.05, 0) is 17.2 Å². The number of rotatable bonds is 2. The molecule has 0 aromatic heterocycles. The highest BCUT2D eigenvalue weighted by atomic mass is 19.1. The molecule has 0 N–H and O–H groups in total. The summed E-state index contributed by atoms with van der Waals surface area (Å²) < 4.78 is 13.3. The van der Waals surface area contributed by atoms with Crippen LogP contribution in [0.25, 0.3) is 0 Å². The van der Waals surface area contributed by atoms with Crippen LogP contribution in [-0.4, -0.2) is 0 Å². The van der Waals surface area contributed by atoms with Gasteiger partial charge in [0.15, 0.2) is 0 Å². The first-order valence-corrected chi connectivity index (χ1v) is 5.63. The highest BCUT2D eigenvalue weighted by Gasteiger charge is 2.00. The quantitative estimate of drug-likeness (QED) is 0.696. The van der Waals surface area contributed by atoms with Crippen LogP contribution >= 0.6 is 0 Å². The monoisotopic (exact) mass is 216 g/mol. The Hall–Kier alpha value is -1.63. The van der Waals surface area contributed by atoms with E-state index in [1.165, 1.54) is 6.07 Å². The SMILES string of the molecule is CC.Fc1ccccc1Cc1ccccc1. The van der Waals surface area contributed by atoms with Gasteiger partial charge in [0.05, 0.1) is 0 Å². The van der Waals surface area contributed by atoms with E-state index in [4.69, 9.17) is 0 Å². The van der Waals surface area contributed by atoms with Gasteiger partial charge in [0, 0.05) is 6.42 Å². The van der Waals surface area contributed by atoms with Gasteiger partial charge in [-0.1, -0.05) is 62.4 Å². The van der Waals surface area contributed by atoms with E-state index in [2.05, 4.69) is 0 Å². The minimum absolute atomic E-state index is 0.128. The van der Waals surface area contributed by atoms with Crippen LogP contribution in [0, 0.1) is 5.82 Å². The van der Waals surface area contributed by atoms with Crippen LogP contribution in [0.4, 0.5) is 4.39 Å². The summed E-state index contributed by atoms with van der Waals surface area (Å²) in [6.07, 6.45) is 0.660. The summed E-state index contributed by atoms with van der Waals surface area (Å²) >= 11 is 0. The fraction of sp³-hybridized carbons (Fsp3) is 0.200. The molecule has 2 aromatic carbocycles. The van der Waals surface area contributed by atoms with Gasteiger partial charge in [0.1, 0.15) is 5.82 Å². The molecule has 2 rings (SSSR count). The molecule has 0 fully saturated rings. The molecule has 0 saturated carbocycles. The lowest BCUT2D eigenvalue weighted by atomic mass is 10.0. The maximum absolute atomic E-state index is 13.3. The predicted molar refractivity (Wildman–Crippen MR) is 67.0 cm³/mol. The molecule has 16 heavy (non-hydrogen) atoms. The van der Waals surface area contributed by atoms with Gasteiger partial charge in [-0.15, -0.1) is 0 Å². The van der Waals surface area contributed by atoms with Crippen LogP contribution in [0.15, 0.2) is 54.6 Å². The molecule has 84 valence electrons. The Morgan fingerprint density at radius 3 is 2.00 bits per heavy atom. The van der Waals surface area contributed by atoms with Gasteiger partial charge in [0.25, 0.3) is 0 Å². The Kier molecular flexibility index (Phi) is 5.27. The van der Waals surface area contributed by atoms with Gasteiger partial charge in [0.2, 0.25) is 0 Å². The Labute approximate surface area is 96.8 Å². The number of hydrogen-bond donors (Lipinski definition) is 0. The third-order valence-corrected chi connectivity index (χ3v) is 2.20. The topological polar surface area (TPSA) is 0 Å². The lowest BCUT2D eigenvalue weighted by Crippen LogP contribution is -1.91. The van der Waals surface area contributed by atoms with E-state index in [9.17, 15) is 4.39 Å². The van der Waals surface area contributed by atoms with E-state index in [1.807, 2.05) is 56.3 Å². The Morgan fingerprint density at radius 1 is 0.812 bits per heavy atom. The smallest absolute Gasteiger partial charge is 0.126 e. The largest absolute Gasteiger partial charge is 0.207 e. The fourth-order valence-electron chi connectivity index (χ4n) is 1.46. The molecule has 0 aliphatic heterocycles. The summed E-state index contributed by atoms with van der Waals surface area (Å²) in [5, 5.41) is 0. The molecule has 0 bridgehead atoms. The van der Waals surface area contributed by atoms with Gasteiger partial charge in [-0.2, -0.15) is 0 Å². The normalized spacial score (nSPS) is 9.19. The van der Waals surface area contributed by atoms with Crippen LogP contribution in [0.5, 0.6) is 0 Å². The Morgan fingerprint density at radius 2 is 1.38 bits per heavy atom. The van der Waals surface area contributed by atoms with Crippen molar-refractivity contribution in [2.75, 3.05) is 0 Å². The van der Waals surface area contributed by atoms with Crippen molar-refractivity contribution in [3.8, 4) is 0 Å². The zero-order valence-electron chi connectivity index (χ0n) is 9.78. The first-order valence-electron chi connectivity index (χ1n) is 5.63. The molecule has 0 unspecified atom stereocenters. The molecule has 0 atom stereocenters. The van der Waals surface area contributed by atoms with Crippen molar-refractivity contribution in [1.82, 2.24) is 0 Å². The van der Waals surface area contributed by atoms with Crippen molar-refractivity contribution in [1.29, 1.82) is 0 Å². The Balaban J connectivity index is 0.000000606. The average molecular weight is 216 g/mol. The molecule has 0 saturated heterocycles. The average Bonchev–Trinajstić information content (AvgIpc) is 2.36. The van der Waals surface area contributed by atoms with Gasteiger partial charge >= 0.3 is 0 Å². The fourth-order valence-corrected chi connectivity index (χ4v) is 1.46. The summed E-state index contributed by atoms with van der Waals surface area (Å²) in [6, 6.07) is 16.8. The molecule has 0 aliphatic rings. The number of hydrogen-bond acceptors (Lipinski definition) is 0. The lowest BCUT2D eigenvalue weighted by molar-refractivity contribution is 0.614. The molecule has 0 spiro atoms. The van der Waals surface area contributed by atoms with Gasteiger partial charge in [-0.3, -0.25) is 0 Å². The third kappa shape index (κ3) is 3.50. The van der Waals surface area contributed by atoms with Crippen LogP contribution in [-0.2, 0) is 6.42 Å². The van der Waals surface area contributed by atoms with E-state index >= 15 is 0 Å². The molecular formula is C15H17F. The predicted octanol–water partition coefficient (Wildman–Crippen LogP) is 4.44. The molecule has 2 aromatic rings. The van der Waals surface area contributed by atoms with Gasteiger partial charge in [-0.25, -0.2) is 4.39 Å². The summed E-state index contributed by atoms with van der Waals surface area (Å²) in [4.78, 5) is 0. The zero-order chi connectivity index (χ0) is 11.8. The van der Waals surface area contributed by atoms with Crippen LogP contribution < -0.4 is 0 Å². The maximum atomic E-state index is 13.3. The molecule has 0 radical (unpaired) electrons. The summed E-state index contributed by atoms with van der Waals surface area (Å²) in [5.74, 6) is -0.128. The molecule has 0 amide bonds. The Bertz CT molecular complexity index is 407. The highest BCUT2D eigenvalue weighted by molar-refractivity contribution is 5.26. The van der Waals surface area contributed by atoms with Crippen LogP contribution in [0.1, 0.15) is 25.0 Å². The molecule has 0 aliphatic carbocycles. The van der Waals surface area contributed by atoms with Crippen molar-refractivity contribution in [2.45, 2.75) is 20.3 Å². The molecule has 0 heterocycles. The van der Waals surface area contributed by atoms with E-state index in [-0.39, 0.29) is 5.82 Å². The molecule has 0 nitrogen and oxygen atoms in total. The minimum Gasteiger partial charge on any atom is -0.207 e. The minimum atomic E-state index is -0.128. The number of benzene rings is 2. The summed E-state index contributed by atoms with van der Waals surface area (Å²) in [5.41, 5.74) is 1.89. The van der Waals surface area contributed by atoms with Crippen molar-refractivity contribution in [3.05, 3.63) is 71.5 Å². The summed E-state index contributed by atoms with van der Waals surface area (Å²) in [7, 11) is 0. The van der Waals surface area contributed by atoms with Crippen molar-refractivity contribution in [3.63, 3.8) is 0 Å². The highest BCUT2D eigenvalue weighted by Crippen LogP contribution is 2.12. The van der Waals surface area contributed by atoms with Gasteiger partial charge < -0.3 is 0 Å². The first-order chi connectivity index (χ1) is 7.86. The van der Waals surface area contributed by atoms with E-state index in [1.54, 1.807) is 6.07 Å². The second-order valence-electron chi connectivity index (χ2n) is 3.25. The standard InChI is InChI=1S/C13H11F.C2H6/c14-13-9-5-4-8-12(13)10-11-6-2-1-3-7-11;1-2/h1-9H,10H2;1-2H3.